The lowest BCUT2D eigenvalue weighted by molar-refractivity contribution is 0.0686. The number of aromatic carboxylic acids is 2. The highest BCUT2D eigenvalue weighted by Crippen LogP contribution is 2.29. The van der Waals surface area contributed by atoms with Crippen molar-refractivity contribution in [1.29, 1.82) is 0 Å². The quantitative estimate of drug-likeness (QED) is 0.0909. The SMILES string of the molecule is CCCCCCCCCCOc1ccc(COC)cc1OCCCCCCCCCC.O=C(O)c1ccccc1.O=C(O)c1ccccc1. The molecule has 0 amide bonds. The Hall–Kier alpha value is -3.84. The number of rotatable bonds is 24. The molecule has 0 radical (unpaired) electrons. The minimum atomic E-state index is -0.879. The molecule has 0 aliphatic rings. The first-order valence-corrected chi connectivity index (χ1v) is 18.4. The zero-order chi connectivity index (χ0) is 35.8. The van der Waals surface area contributed by atoms with Crippen LogP contribution in [0.25, 0.3) is 0 Å². The fourth-order valence-electron chi connectivity index (χ4n) is 5.04. The van der Waals surface area contributed by atoms with E-state index in [1.54, 1.807) is 67.8 Å². The zero-order valence-electron chi connectivity index (χ0n) is 30.4. The molecule has 3 aromatic carbocycles. The van der Waals surface area contributed by atoms with E-state index in [1.165, 1.54) is 89.9 Å². The van der Waals surface area contributed by atoms with Gasteiger partial charge in [0.15, 0.2) is 11.5 Å². The molecule has 0 fully saturated rings. The molecule has 0 aromatic heterocycles. The van der Waals surface area contributed by atoms with E-state index in [0.717, 1.165) is 43.1 Å². The van der Waals surface area contributed by atoms with Crippen LogP contribution < -0.4 is 9.47 Å². The number of ether oxygens (including phenoxy) is 3. The van der Waals surface area contributed by atoms with Gasteiger partial charge in [0.1, 0.15) is 0 Å². The number of benzene rings is 3. The molecule has 7 nitrogen and oxygen atoms in total. The fourth-order valence-corrected chi connectivity index (χ4v) is 5.04. The zero-order valence-corrected chi connectivity index (χ0v) is 30.4. The van der Waals surface area contributed by atoms with Gasteiger partial charge in [-0.05, 0) is 54.8 Å². The molecule has 0 bridgehead atoms. The van der Waals surface area contributed by atoms with E-state index < -0.39 is 11.9 Å². The predicted octanol–water partition coefficient (Wildman–Crippen LogP) is 11.6. The van der Waals surface area contributed by atoms with E-state index in [1.807, 2.05) is 6.07 Å². The summed E-state index contributed by atoms with van der Waals surface area (Å²) in [6.07, 6.45) is 21.0. The third kappa shape index (κ3) is 23.2. The van der Waals surface area contributed by atoms with Gasteiger partial charge in [-0.25, -0.2) is 9.59 Å². The van der Waals surface area contributed by atoms with Crippen LogP contribution in [0.15, 0.2) is 78.9 Å². The average molecular weight is 679 g/mol. The maximum atomic E-state index is 10.2. The molecule has 3 rings (SSSR count). The first-order valence-electron chi connectivity index (χ1n) is 18.4. The van der Waals surface area contributed by atoms with Crippen LogP contribution in [0.2, 0.25) is 0 Å². The minimum Gasteiger partial charge on any atom is -0.490 e. The number of methoxy groups -OCH3 is 1. The highest BCUT2D eigenvalue weighted by atomic mass is 16.5. The van der Waals surface area contributed by atoms with Gasteiger partial charge < -0.3 is 24.4 Å². The lowest BCUT2D eigenvalue weighted by atomic mass is 10.1. The number of hydrogen-bond donors (Lipinski definition) is 2. The normalized spacial score (nSPS) is 10.3. The van der Waals surface area contributed by atoms with Gasteiger partial charge in [-0.3, -0.25) is 0 Å². The van der Waals surface area contributed by atoms with Crippen molar-refractivity contribution in [3.8, 4) is 11.5 Å². The molecule has 2 N–H and O–H groups in total. The predicted molar refractivity (Wildman–Crippen MR) is 200 cm³/mol. The lowest BCUT2D eigenvalue weighted by Crippen LogP contribution is -2.03. The second-order valence-corrected chi connectivity index (χ2v) is 12.2. The molecule has 3 aromatic rings. The average Bonchev–Trinajstić information content (AvgIpc) is 3.12. The third-order valence-corrected chi connectivity index (χ3v) is 7.87. The molecule has 0 atom stereocenters. The second kappa shape index (κ2) is 30.2. The standard InChI is InChI=1S/C28H50O3.2C7H6O2/c1-4-6-8-10-12-14-16-18-22-30-27-21-20-26(25-29-3)24-28(27)31-23-19-17-15-13-11-9-7-5-2;2*8-7(9)6-4-2-1-3-5-6/h20-21,24H,4-19,22-23,25H2,1-3H3;2*1-5H,(H,8,9). The topological polar surface area (TPSA) is 102 Å². The molecule has 0 heterocycles. The summed E-state index contributed by atoms with van der Waals surface area (Å²) < 4.78 is 17.5. The van der Waals surface area contributed by atoms with Gasteiger partial charge in [0.05, 0.1) is 30.9 Å². The molecule has 49 heavy (non-hydrogen) atoms. The summed E-state index contributed by atoms with van der Waals surface area (Å²) in [6.45, 7) is 6.68. The monoisotopic (exact) mass is 678 g/mol. The van der Waals surface area contributed by atoms with Gasteiger partial charge in [0, 0.05) is 7.11 Å². The molecule has 0 saturated heterocycles. The Labute approximate surface area is 296 Å². The van der Waals surface area contributed by atoms with Crippen molar-refractivity contribution in [2.75, 3.05) is 20.3 Å². The van der Waals surface area contributed by atoms with Gasteiger partial charge >= 0.3 is 11.9 Å². The molecule has 7 heteroatoms. The van der Waals surface area contributed by atoms with Crippen molar-refractivity contribution in [2.24, 2.45) is 0 Å². The first-order chi connectivity index (χ1) is 23.9. The van der Waals surface area contributed by atoms with E-state index in [-0.39, 0.29) is 0 Å². The van der Waals surface area contributed by atoms with Crippen LogP contribution in [-0.2, 0) is 11.3 Å². The van der Waals surface area contributed by atoms with Crippen molar-refractivity contribution in [1.82, 2.24) is 0 Å². The summed E-state index contributed by atoms with van der Waals surface area (Å²) in [7, 11) is 1.73. The van der Waals surface area contributed by atoms with Gasteiger partial charge in [-0.1, -0.05) is 146 Å². The Balaban J connectivity index is 0.000000532. The summed E-state index contributed by atoms with van der Waals surface area (Å²) in [5.74, 6) is -0.00868. The van der Waals surface area contributed by atoms with Gasteiger partial charge in [-0.15, -0.1) is 0 Å². The molecule has 0 saturated carbocycles. The van der Waals surface area contributed by atoms with Gasteiger partial charge in [0.25, 0.3) is 0 Å². The first kappa shape index (κ1) is 43.2. The van der Waals surface area contributed by atoms with E-state index in [4.69, 9.17) is 24.4 Å². The Kier molecular flexibility index (Phi) is 26.6. The maximum absolute atomic E-state index is 10.2. The smallest absolute Gasteiger partial charge is 0.335 e. The van der Waals surface area contributed by atoms with E-state index >= 15 is 0 Å². The minimum absolute atomic E-state index is 0.331. The van der Waals surface area contributed by atoms with Crippen LogP contribution in [0, 0.1) is 0 Å². The summed E-state index contributed by atoms with van der Waals surface area (Å²) >= 11 is 0. The van der Waals surface area contributed by atoms with Gasteiger partial charge in [-0.2, -0.15) is 0 Å². The van der Waals surface area contributed by atoms with E-state index in [9.17, 15) is 9.59 Å². The van der Waals surface area contributed by atoms with Crippen molar-refractivity contribution in [3.05, 3.63) is 95.6 Å². The Bertz CT molecular complexity index is 1160. The summed E-state index contributed by atoms with van der Waals surface area (Å²) in [6, 6.07) is 22.8. The molecule has 0 unspecified atom stereocenters. The molecule has 0 aliphatic carbocycles. The van der Waals surface area contributed by atoms with E-state index in [2.05, 4.69) is 26.0 Å². The number of carbonyl (C=O) groups is 2. The third-order valence-electron chi connectivity index (χ3n) is 7.87. The fraction of sp³-hybridized carbons (Fsp3) is 0.524. The van der Waals surface area contributed by atoms with Gasteiger partial charge in [0.2, 0.25) is 0 Å². The highest BCUT2D eigenvalue weighted by molar-refractivity contribution is 5.87. The number of carboxylic acids is 2. The van der Waals surface area contributed by atoms with Crippen LogP contribution in [0.4, 0.5) is 0 Å². The molecule has 0 spiro atoms. The Morgan fingerprint density at radius 2 is 0.898 bits per heavy atom. The summed E-state index contributed by atoms with van der Waals surface area (Å²) in [4.78, 5) is 20.4. The molecule has 0 aliphatic heterocycles. The second-order valence-electron chi connectivity index (χ2n) is 12.2. The number of hydrogen-bond acceptors (Lipinski definition) is 5. The van der Waals surface area contributed by atoms with Crippen LogP contribution >= 0.6 is 0 Å². The van der Waals surface area contributed by atoms with Crippen LogP contribution in [-0.4, -0.2) is 42.5 Å². The summed E-state index contributed by atoms with van der Waals surface area (Å²) in [5, 5.41) is 16.8. The van der Waals surface area contributed by atoms with Crippen molar-refractivity contribution < 1.29 is 34.0 Å². The van der Waals surface area contributed by atoms with Crippen molar-refractivity contribution in [2.45, 2.75) is 123 Å². The van der Waals surface area contributed by atoms with Crippen molar-refractivity contribution in [3.63, 3.8) is 0 Å². The summed E-state index contributed by atoms with van der Waals surface area (Å²) in [5.41, 5.74) is 1.79. The largest absolute Gasteiger partial charge is 0.490 e. The van der Waals surface area contributed by atoms with Crippen LogP contribution in [0.5, 0.6) is 11.5 Å². The van der Waals surface area contributed by atoms with E-state index in [0.29, 0.717) is 17.7 Å². The molecule has 272 valence electrons. The van der Waals surface area contributed by atoms with Crippen LogP contribution in [0.1, 0.15) is 143 Å². The molecular formula is C42H62O7. The Morgan fingerprint density at radius 3 is 1.27 bits per heavy atom. The highest BCUT2D eigenvalue weighted by Gasteiger charge is 2.08. The number of unbranched alkanes of at least 4 members (excludes halogenated alkanes) is 14. The Morgan fingerprint density at radius 1 is 0.510 bits per heavy atom. The maximum Gasteiger partial charge on any atom is 0.335 e. The van der Waals surface area contributed by atoms with Crippen LogP contribution in [0.3, 0.4) is 0 Å². The number of carboxylic acid groups (broad SMARTS) is 2. The lowest BCUT2D eigenvalue weighted by Gasteiger charge is -2.14. The molecular weight excluding hydrogens is 616 g/mol. The van der Waals surface area contributed by atoms with Crippen molar-refractivity contribution >= 4 is 11.9 Å².